The van der Waals surface area contributed by atoms with Crippen LogP contribution in [0.2, 0.25) is 0 Å². The average Bonchev–Trinajstić information content (AvgIpc) is 3.18. The summed E-state index contributed by atoms with van der Waals surface area (Å²) in [7, 11) is 1.79. The highest BCUT2D eigenvalue weighted by molar-refractivity contribution is 5.79. The predicted octanol–water partition coefficient (Wildman–Crippen LogP) is 3.30. The molecule has 0 saturated carbocycles. The van der Waals surface area contributed by atoms with Crippen LogP contribution in [0.15, 0.2) is 72.0 Å². The molecule has 0 unspecified atom stereocenters. The summed E-state index contributed by atoms with van der Waals surface area (Å²) < 4.78 is 1.88. The standard InChI is InChI=1S/C21H25N5/c1-3-18-9-7-8-10-19(18)15-24-21(22-2)23-13-17-14-25-26(16-17)20-11-5-4-6-12-20/h4-12,14,16H,3,13,15H2,1-2H3,(H2,22,23,24). The van der Waals surface area contributed by atoms with E-state index in [1.807, 2.05) is 47.4 Å². The zero-order valence-electron chi connectivity index (χ0n) is 15.3. The summed E-state index contributed by atoms with van der Waals surface area (Å²) in [6.07, 6.45) is 4.93. The first kappa shape index (κ1) is 17.7. The summed E-state index contributed by atoms with van der Waals surface area (Å²) in [5, 5.41) is 11.1. The molecule has 2 aromatic carbocycles. The Labute approximate surface area is 154 Å². The third kappa shape index (κ3) is 4.51. The van der Waals surface area contributed by atoms with Gasteiger partial charge in [-0.15, -0.1) is 0 Å². The molecule has 3 aromatic rings. The Morgan fingerprint density at radius 1 is 0.962 bits per heavy atom. The van der Waals surface area contributed by atoms with E-state index in [9.17, 15) is 0 Å². The zero-order valence-corrected chi connectivity index (χ0v) is 15.3. The van der Waals surface area contributed by atoms with Gasteiger partial charge in [-0.1, -0.05) is 49.4 Å². The van der Waals surface area contributed by atoms with Crippen LogP contribution in [0.4, 0.5) is 0 Å². The summed E-state index contributed by atoms with van der Waals surface area (Å²) in [6, 6.07) is 18.6. The van der Waals surface area contributed by atoms with Crippen molar-refractivity contribution >= 4 is 5.96 Å². The lowest BCUT2D eigenvalue weighted by molar-refractivity contribution is 0.802. The SMILES string of the molecule is CCc1ccccc1CNC(=NC)NCc1cnn(-c2ccccc2)c1. The quantitative estimate of drug-likeness (QED) is 0.531. The van der Waals surface area contributed by atoms with E-state index in [4.69, 9.17) is 0 Å². The third-order valence-corrected chi connectivity index (χ3v) is 4.29. The van der Waals surface area contributed by atoms with E-state index in [0.717, 1.165) is 30.2 Å². The minimum atomic E-state index is 0.669. The highest BCUT2D eigenvalue weighted by atomic mass is 15.3. The van der Waals surface area contributed by atoms with Gasteiger partial charge in [0.05, 0.1) is 11.9 Å². The van der Waals surface area contributed by atoms with Crippen molar-refractivity contribution in [2.45, 2.75) is 26.4 Å². The smallest absolute Gasteiger partial charge is 0.191 e. The van der Waals surface area contributed by atoms with Gasteiger partial charge in [-0.25, -0.2) is 4.68 Å². The van der Waals surface area contributed by atoms with E-state index >= 15 is 0 Å². The normalized spacial score (nSPS) is 11.4. The van der Waals surface area contributed by atoms with Gasteiger partial charge >= 0.3 is 0 Å². The molecule has 0 saturated heterocycles. The highest BCUT2D eigenvalue weighted by Crippen LogP contribution is 2.09. The zero-order chi connectivity index (χ0) is 18.2. The number of aliphatic imine (C=N–C) groups is 1. The second kappa shape index (κ2) is 8.85. The fourth-order valence-electron chi connectivity index (χ4n) is 2.83. The van der Waals surface area contributed by atoms with Gasteiger partial charge in [0.2, 0.25) is 0 Å². The van der Waals surface area contributed by atoms with Crippen LogP contribution in [-0.4, -0.2) is 22.8 Å². The number of nitrogens with one attached hydrogen (secondary N) is 2. The first-order valence-electron chi connectivity index (χ1n) is 8.90. The lowest BCUT2D eigenvalue weighted by Gasteiger charge is -2.13. The van der Waals surface area contributed by atoms with Crippen LogP contribution >= 0.6 is 0 Å². The maximum absolute atomic E-state index is 4.42. The van der Waals surface area contributed by atoms with E-state index in [0.29, 0.717) is 6.54 Å². The van der Waals surface area contributed by atoms with Crippen LogP contribution in [0, 0.1) is 0 Å². The Morgan fingerprint density at radius 2 is 1.65 bits per heavy atom. The van der Waals surface area contributed by atoms with Crippen molar-refractivity contribution in [2.75, 3.05) is 7.05 Å². The van der Waals surface area contributed by atoms with Gasteiger partial charge in [-0.2, -0.15) is 5.10 Å². The molecule has 5 nitrogen and oxygen atoms in total. The molecule has 3 rings (SSSR count). The van der Waals surface area contributed by atoms with E-state index in [1.165, 1.54) is 11.1 Å². The maximum atomic E-state index is 4.42. The fraction of sp³-hybridized carbons (Fsp3) is 0.238. The molecular weight excluding hydrogens is 322 g/mol. The molecule has 0 aliphatic rings. The minimum absolute atomic E-state index is 0.669. The predicted molar refractivity (Wildman–Crippen MR) is 106 cm³/mol. The van der Waals surface area contributed by atoms with Crippen molar-refractivity contribution in [3.8, 4) is 5.69 Å². The molecule has 0 fully saturated rings. The highest BCUT2D eigenvalue weighted by Gasteiger charge is 2.04. The van der Waals surface area contributed by atoms with Crippen molar-refractivity contribution in [3.63, 3.8) is 0 Å². The topological polar surface area (TPSA) is 54.2 Å². The summed E-state index contributed by atoms with van der Waals surface area (Å²) >= 11 is 0. The molecule has 134 valence electrons. The van der Waals surface area contributed by atoms with Gasteiger partial charge in [-0.05, 0) is 29.7 Å². The number of nitrogens with zero attached hydrogens (tertiary/aromatic N) is 3. The molecule has 0 aliphatic carbocycles. The maximum Gasteiger partial charge on any atom is 0.191 e. The van der Waals surface area contributed by atoms with Gasteiger partial charge in [0.25, 0.3) is 0 Å². The van der Waals surface area contributed by atoms with Gasteiger partial charge in [0, 0.05) is 31.9 Å². The molecule has 0 amide bonds. The number of para-hydroxylation sites is 1. The number of guanidine groups is 1. The van der Waals surface area contributed by atoms with Crippen LogP contribution < -0.4 is 10.6 Å². The first-order chi connectivity index (χ1) is 12.8. The monoisotopic (exact) mass is 347 g/mol. The van der Waals surface area contributed by atoms with E-state index < -0.39 is 0 Å². The second-order valence-electron chi connectivity index (χ2n) is 6.03. The van der Waals surface area contributed by atoms with Gasteiger partial charge in [0.15, 0.2) is 5.96 Å². The van der Waals surface area contributed by atoms with Crippen LogP contribution in [0.1, 0.15) is 23.6 Å². The van der Waals surface area contributed by atoms with Crippen molar-refractivity contribution < 1.29 is 0 Å². The van der Waals surface area contributed by atoms with Gasteiger partial charge in [0.1, 0.15) is 0 Å². The Hall–Kier alpha value is -3.08. The van der Waals surface area contributed by atoms with E-state index in [-0.39, 0.29) is 0 Å². The molecule has 1 aromatic heterocycles. The Bertz CT molecular complexity index is 852. The summed E-state index contributed by atoms with van der Waals surface area (Å²) in [5.41, 5.74) is 4.82. The number of hydrogen-bond donors (Lipinski definition) is 2. The Morgan fingerprint density at radius 3 is 2.38 bits per heavy atom. The number of rotatable bonds is 6. The van der Waals surface area contributed by atoms with Crippen molar-refractivity contribution in [3.05, 3.63) is 83.7 Å². The molecular formula is C21H25N5. The molecule has 0 atom stereocenters. The van der Waals surface area contributed by atoms with Crippen LogP contribution in [0.3, 0.4) is 0 Å². The number of hydrogen-bond acceptors (Lipinski definition) is 2. The molecule has 0 aliphatic heterocycles. The molecule has 0 bridgehead atoms. The van der Waals surface area contributed by atoms with Gasteiger partial charge in [-0.3, -0.25) is 4.99 Å². The summed E-state index contributed by atoms with van der Waals surface area (Å²) in [4.78, 5) is 4.31. The van der Waals surface area contributed by atoms with Crippen molar-refractivity contribution in [1.82, 2.24) is 20.4 Å². The minimum Gasteiger partial charge on any atom is -0.352 e. The van der Waals surface area contributed by atoms with Crippen LogP contribution in [-0.2, 0) is 19.5 Å². The van der Waals surface area contributed by atoms with Crippen LogP contribution in [0.25, 0.3) is 5.69 Å². The molecule has 0 spiro atoms. The van der Waals surface area contributed by atoms with Crippen molar-refractivity contribution in [2.24, 2.45) is 4.99 Å². The van der Waals surface area contributed by atoms with E-state index in [2.05, 4.69) is 51.9 Å². The summed E-state index contributed by atoms with van der Waals surface area (Å²) in [5.74, 6) is 0.781. The largest absolute Gasteiger partial charge is 0.352 e. The van der Waals surface area contributed by atoms with E-state index in [1.54, 1.807) is 7.05 Å². The lowest BCUT2D eigenvalue weighted by Crippen LogP contribution is -2.36. The third-order valence-electron chi connectivity index (χ3n) is 4.29. The second-order valence-corrected chi connectivity index (χ2v) is 6.03. The molecule has 0 radical (unpaired) electrons. The summed E-state index contributed by atoms with van der Waals surface area (Å²) in [6.45, 7) is 3.60. The van der Waals surface area contributed by atoms with Gasteiger partial charge < -0.3 is 10.6 Å². The Kier molecular flexibility index (Phi) is 6.04. The lowest BCUT2D eigenvalue weighted by atomic mass is 10.1. The number of aromatic nitrogens is 2. The van der Waals surface area contributed by atoms with Crippen molar-refractivity contribution in [1.29, 1.82) is 0 Å². The molecule has 1 heterocycles. The number of benzene rings is 2. The first-order valence-corrected chi connectivity index (χ1v) is 8.90. The molecule has 5 heteroatoms. The molecule has 26 heavy (non-hydrogen) atoms. The average molecular weight is 347 g/mol. The Balaban J connectivity index is 1.55. The number of aryl methyl sites for hydroxylation is 1. The molecule has 2 N–H and O–H groups in total. The van der Waals surface area contributed by atoms with Crippen LogP contribution in [0.5, 0.6) is 0 Å². The fourth-order valence-corrected chi connectivity index (χ4v) is 2.83.